The number of carbonyl (C=O) groups is 12. The van der Waals surface area contributed by atoms with E-state index < -0.39 is 206 Å². The Bertz CT molecular complexity index is 3850. The lowest BCUT2D eigenvalue weighted by Gasteiger charge is -2.66. The number of halogens is 2. The van der Waals surface area contributed by atoms with Crippen molar-refractivity contribution in [2.24, 2.45) is 139 Å². The number of fused-ring (bicyclic) bond motifs is 19. The monoisotopic (exact) mass is 1530 g/mol. The predicted molar refractivity (Wildman–Crippen MR) is 368 cm³/mol. The summed E-state index contributed by atoms with van der Waals surface area (Å²) in [4.78, 5) is 161. The van der Waals surface area contributed by atoms with Gasteiger partial charge >= 0.3 is 59.7 Å². The standard InChI is InChI=1S/C38H50O13.C38H50O12.CH2Cl2.CH4O/c1-13-15(3)34(8)24-14(2)31-38(50-31)36(10,37(11,33(44)51-38)49-19(7)42)26(24)30(46-17(5)40)25(34)22-23(13)35(9)20(27(43)29(22)45-16(4)39)12-21-28(48-21)32(35)47-18(6)41;1-14-12-23-37(10,38(11,34(44)49-23)50-20(7)42)28-25(14)35(8)16(3)15(2)26-24(27(35)32(28)46-18(5)40)31(45-17(4)39)29(43)21-13-22-30(48-22)33(36(21,26)9)47-19(6)41;2-1-3;1-2/h13-15,20-26,28-32H,12H2,1-11H3;12,14-16,21-22,24-28,30-33H,13H2,1-11H3;1H2;2H,1H3/t13-,14+,15+,20-,21+,22-,23?,24+,25-,26+,28+,29-,30-,31-,32+,34-,35+,36+,37-,38+;14-,15-,16+,21-,22+,24-,25+,26?,27-,28+,30+,31-,32-,33+,35-,36+,37+,38-;;/m11../s1/i;;;1D2. The summed E-state index contributed by atoms with van der Waals surface area (Å²) in [7, 11) is -1.67. The van der Waals surface area contributed by atoms with E-state index in [4.69, 9.17) is 92.6 Å². The average molecular weight is 1530 g/mol. The average Bonchev–Trinajstić information content (AvgIpc) is 1.45. The van der Waals surface area contributed by atoms with Crippen LogP contribution < -0.4 is 0 Å². The molecule has 15 aliphatic rings. The van der Waals surface area contributed by atoms with E-state index in [1.807, 2.05) is 33.8 Å². The lowest BCUT2D eigenvalue weighted by Crippen LogP contribution is -2.71. The zero-order chi connectivity index (χ0) is 80.3. The lowest BCUT2D eigenvalue weighted by molar-refractivity contribution is -0.239. The Morgan fingerprint density at radius 2 is 0.887 bits per heavy atom. The van der Waals surface area contributed by atoms with Crippen molar-refractivity contribution < 1.29 is 127 Å². The summed E-state index contributed by atoms with van der Waals surface area (Å²) in [6, 6.07) is 0. The first-order valence-electron chi connectivity index (χ1n) is 38.4. The second-order valence-electron chi connectivity index (χ2n) is 35.0. The van der Waals surface area contributed by atoms with Crippen LogP contribution in [-0.4, -0.2) is 173 Å². The highest BCUT2D eigenvalue weighted by molar-refractivity contribution is 6.40. The number of hydrogen-bond donors (Lipinski definition) is 1. The summed E-state index contributed by atoms with van der Waals surface area (Å²) in [6.45, 7) is 38.4. The molecule has 0 bridgehead atoms. The third-order valence-corrected chi connectivity index (χ3v) is 31.2. The molecule has 14 fully saturated rings. The quantitative estimate of drug-likeness (QED) is 0.104. The van der Waals surface area contributed by atoms with Crippen molar-refractivity contribution in [3.63, 3.8) is 0 Å². The van der Waals surface area contributed by atoms with Gasteiger partial charge in [-0.25, -0.2) is 9.59 Å². The van der Waals surface area contributed by atoms with Gasteiger partial charge in [0.2, 0.25) is 11.2 Å². The number of rotatable bonds is 8. The zero-order valence-corrected chi connectivity index (χ0v) is 65.9. The first kappa shape index (κ1) is 76.9. The third kappa shape index (κ3) is 10.4. The Balaban J connectivity index is 0.000000186. The SMILES string of the molecule is CC(=O)O[C@@H]1[C@H]2[C@H]3C([C@H](C)[C@H](C)[C@]2(C)[C@@H]2[C@@H]1[C@]1(C)C(=C[C@H]2C)OC(=O)[C@@]1(C)OC(C)=O)[C@]1(C)[C@H](C[C@@H]2O[C@@H]2[C@@H]1OC(C)=O)C(=O)[C@@H]3OC(C)=O.CC(=O)O[C@@H]1[C@H]2[C@H]3C([C@H](C)[C@H](C)[C@]2(C)[C@H]2[C@H](C)[C@H]4O[C@]45OC(=O)[C@@](C)(OC(C)=O)[C@]5(C)[C@H]12)[C@]1(C)[C@H](C[C@@H]2O[C@@H]2[C@@H]1OC(C)=O)C(=O)[C@@H]3OC(C)=O.ClCCl.[2H]C([2H])O. The van der Waals surface area contributed by atoms with Crippen LogP contribution in [0.15, 0.2) is 11.8 Å². The molecule has 5 heterocycles. The number of esters is 10. The number of aliphatic hydroxyl groups excluding tert-OH is 1. The van der Waals surface area contributed by atoms with Crippen molar-refractivity contribution >= 4 is 94.5 Å². The van der Waals surface area contributed by atoms with Crippen molar-refractivity contribution in [3.8, 4) is 0 Å². The maximum Gasteiger partial charge on any atom is 0.356 e. The molecular formula is C78H106Cl2O26. The number of epoxide rings is 3. The van der Waals surface area contributed by atoms with Gasteiger partial charge in [0.25, 0.3) is 5.79 Å². The van der Waals surface area contributed by atoms with Crippen molar-refractivity contribution in [1.29, 1.82) is 0 Å². The minimum absolute atomic E-state index is 0.0692. The van der Waals surface area contributed by atoms with Gasteiger partial charge in [-0.2, -0.15) is 0 Å². The van der Waals surface area contributed by atoms with E-state index in [0.29, 0.717) is 18.6 Å². The molecule has 1 N–H and O–H groups in total. The van der Waals surface area contributed by atoms with Crippen molar-refractivity contribution in [2.45, 2.75) is 249 Å². The number of hydrogen-bond acceptors (Lipinski definition) is 26. The highest BCUT2D eigenvalue weighted by Crippen LogP contribution is 2.84. The molecule has 0 amide bonds. The summed E-state index contributed by atoms with van der Waals surface area (Å²) in [5.74, 6) is -14.6. The first-order valence-corrected chi connectivity index (χ1v) is 38.3. The highest BCUT2D eigenvalue weighted by atomic mass is 35.5. The smallest absolute Gasteiger partial charge is 0.356 e. The number of ether oxygens (including phenoxy) is 13. The zero-order valence-electron chi connectivity index (χ0n) is 66.4. The Labute approximate surface area is 631 Å². The summed E-state index contributed by atoms with van der Waals surface area (Å²) in [5.41, 5.74) is -9.30. The molecule has 0 aromatic rings. The minimum Gasteiger partial charge on any atom is -0.462 e. The van der Waals surface area contributed by atoms with Crippen LogP contribution in [-0.2, 0) is 119 Å². The second-order valence-corrected chi connectivity index (χ2v) is 35.9. The number of ketones is 2. The van der Waals surface area contributed by atoms with Crippen LogP contribution in [0.25, 0.3) is 0 Å². The molecule has 9 saturated carbocycles. The van der Waals surface area contributed by atoms with E-state index >= 15 is 0 Å². The Kier molecular flexibility index (Phi) is 19.0. The number of aliphatic hydroxyl groups is 1. The van der Waals surface area contributed by atoms with E-state index in [0.717, 1.165) is 0 Å². The third-order valence-electron chi connectivity index (χ3n) is 31.2. The fourth-order valence-electron chi connectivity index (χ4n) is 27.2. The van der Waals surface area contributed by atoms with Gasteiger partial charge in [-0.05, 0) is 117 Å². The molecule has 2 unspecified atom stereocenters. The molecule has 106 heavy (non-hydrogen) atoms. The van der Waals surface area contributed by atoms with E-state index in [-0.39, 0.29) is 101 Å². The summed E-state index contributed by atoms with van der Waals surface area (Å²) in [5, 5.41) is 7.58. The molecule has 26 nitrogen and oxygen atoms in total. The van der Waals surface area contributed by atoms with E-state index in [9.17, 15) is 57.5 Å². The van der Waals surface area contributed by atoms with Gasteiger partial charge in [0.15, 0.2) is 23.8 Å². The van der Waals surface area contributed by atoms with Crippen molar-refractivity contribution in [1.82, 2.24) is 0 Å². The van der Waals surface area contributed by atoms with Gasteiger partial charge in [-0.15, -0.1) is 23.2 Å². The van der Waals surface area contributed by atoms with Gasteiger partial charge in [-0.1, -0.05) is 69.2 Å². The molecule has 5 saturated heterocycles. The van der Waals surface area contributed by atoms with Crippen LogP contribution in [0.5, 0.6) is 0 Å². The molecule has 15 rings (SSSR count). The van der Waals surface area contributed by atoms with Crippen LogP contribution in [0.4, 0.5) is 0 Å². The Hall–Kier alpha value is -5.80. The van der Waals surface area contributed by atoms with Crippen LogP contribution in [0, 0.1) is 139 Å². The predicted octanol–water partition coefficient (Wildman–Crippen LogP) is 8.17. The molecule has 5 aliphatic heterocycles. The topological polar surface area (TPSA) is 355 Å². The molecule has 0 aromatic heterocycles. The van der Waals surface area contributed by atoms with Crippen molar-refractivity contribution in [3.05, 3.63) is 11.8 Å². The van der Waals surface area contributed by atoms with Crippen LogP contribution in [0.1, 0.15) is 168 Å². The molecular weight excluding hydrogens is 1420 g/mol. The van der Waals surface area contributed by atoms with Crippen LogP contribution in [0.3, 0.4) is 0 Å². The summed E-state index contributed by atoms with van der Waals surface area (Å²) in [6.07, 6.45) is -4.61. The highest BCUT2D eigenvalue weighted by Gasteiger charge is 2.94. The number of carbonyl (C=O) groups excluding carboxylic acids is 12. The lowest BCUT2D eigenvalue weighted by atomic mass is 9.38. The van der Waals surface area contributed by atoms with Gasteiger partial charge in [0.05, 0.1) is 31.1 Å². The molecule has 0 aromatic carbocycles. The number of alkyl halides is 2. The summed E-state index contributed by atoms with van der Waals surface area (Å²) >= 11 is 9.53. The molecule has 10 aliphatic carbocycles. The number of allylic oxidation sites excluding steroid dienone is 1. The number of Topliss-reactive ketones (excluding diaryl/α,β-unsaturated/α-hetero) is 2. The molecule has 1 spiro atoms. The van der Waals surface area contributed by atoms with E-state index in [2.05, 4.69) is 55.4 Å². The van der Waals surface area contributed by atoms with Crippen LogP contribution in [0.2, 0.25) is 0 Å². The minimum atomic E-state index is -1.80. The first-order chi connectivity index (χ1) is 49.9. The fourth-order valence-corrected chi connectivity index (χ4v) is 27.2. The molecule has 0 radical (unpaired) electrons. The van der Waals surface area contributed by atoms with Crippen molar-refractivity contribution in [2.75, 3.05) is 12.4 Å². The molecule has 28 heteroatoms. The maximum atomic E-state index is 15.0. The Morgan fingerprint density at radius 3 is 1.28 bits per heavy atom. The summed E-state index contributed by atoms with van der Waals surface area (Å²) < 4.78 is 91.3. The second kappa shape index (κ2) is 26.2. The normalized spacial score (nSPS) is 52.5. The molecule has 588 valence electrons. The maximum absolute atomic E-state index is 15.0. The fraction of sp³-hybridized carbons (Fsp3) is 0.821. The van der Waals surface area contributed by atoms with Gasteiger partial charge in [0, 0.05) is 121 Å². The van der Waals surface area contributed by atoms with Crippen LogP contribution >= 0.6 is 23.2 Å². The Morgan fingerprint density at radius 1 is 0.500 bits per heavy atom. The largest absolute Gasteiger partial charge is 0.462 e. The van der Waals surface area contributed by atoms with E-state index in [1.54, 1.807) is 13.8 Å². The van der Waals surface area contributed by atoms with Gasteiger partial charge < -0.3 is 66.7 Å². The van der Waals surface area contributed by atoms with E-state index in [1.165, 1.54) is 55.4 Å². The van der Waals surface area contributed by atoms with Gasteiger partial charge in [-0.3, -0.25) is 47.9 Å². The molecule has 38 atom stereocenters. The van der Waals surface area contributed by atoms with Gasteiger partial charge in [0.1, 0.15) is 48.5 Å².